The Morgan fingerprint density at radius 2 is 1.02 bits per heavy atom. The van der Waals surface area contributed by atoms with E-state index in [1.807, 2.05) is 55.5 Å². The zero-order chi connectivity index (χ0) is 38.5. The van der Waals surface area contributed by atoms with Gasteiger partial charge in [-0.2, -0.15) is 8.42 Å². The lowest BCUT2D eigenvalue weighted by atomic mass is 10.1. The lowest BCUT2D eigenvalue weighted by Gasteiger charge is -2.16. The Kier molecular flexibility index (Phi) is 7.88. The molecule has 0 saturated carbocycles. The van der Waals surface area contributed by atoms with Crippen LogP contribution in [0.5, 0.6) is 0 Å². The van der Waals surface area contributed by atoms with E-state index in [-0.39, 0.29) is 11.6 Å². The first-order chi connectivity index (χ1) is 26.2. The Bertz CT molecular complexity index is 2940. The van der Waals surface area contributed by atoms with Crippen molar-refractivity contribution in [1.29, 1.82) is 0 Å². The third-order valence-electron chi connectivity index (χ3n) is 10.2. The normalized spacial score (nSPS) is 24.1. The second-order valence-electron chi connectivity index (χ2n) is 14.0. The molecule has 14 nitrogen and oxygen atoms in total. The van der Waals surface area contributed by atoms with E-state index in [0.29, 0.717) is 79.7 Å². The summed E-state index contributed by atoms with van der Waals surface area (Å²) >= 11 is -1.56. The lowest BCUT2D eigenvalue weighted by molar-refractivity contribution is 0.466. The number of H-pyrrole nitrogens is 2. The van der Waals surface area contributed by atoms with Gasteiger partial charge in [-0.3, -0.25) is 4.55 Å². The van der Waals surface area contributed by atoms with Crippen LogP contribution < -0.4 is 0 Å². The molecule has 55 heavy (non-hydrogen) atoms. The van der Waals surface area contributed by atoms with Crippen LogP contribution >= 0.6 is 12.0 Å². The molecule has 17 heteroatoms. The quantitative estimate of drug-likeness (QED) is 0.0711. The Balaban J connectivity index is 1.43. The summed E-state index contributed by atoms with van der Waals surface area (Å²) in [6.07, 6.45) is 19.9. The molecule has 0 amide bonds. The van der Waals surface area contributed by atoms with Gasteiger partial charge < -0.3 is 19.1 Å². The maximum Gasteiger partial charge on any atom is 0.277 e. The number of hydrogen-bond donors (Lipinski definition) is 5. The minimum Gasteiger partial charge on any atom is -0.329 e. The van der Waals surface area contributed by atoms with Crippen LogP contribution in [0.4, 0.5) is 0 Å². The van der Waals surface area contributed by atoms with Crippen LogP contribution in [-0.2, 0) is 21.2 Å². The summed E-state index contributed by atoms with van der Waals surface area (Å²) in [5.41, 5.74) is 6.30. The van der Waals surface area contributed by atoms with Gasteiger partial charge in [-0.15, -0.1) is 0 Å². The standard InChI is InChI=1S/C38H30N8O6S3/c1-36(53-47)14-8-22-23(9-15-36)31-42-30(22)40-28-20-6-4-5-7-21(20)29(39-28)41-32-24-10-16-37(2,54(48)49)17-11-25(24)33(44-32)45-35-27-13-19-38(3,55(50,51)52)18-12-26(27)34(43-31)46-35/h4-19,47H,1-3H3,(H,48,49)(H,50,51,52)(H2,39,40,41,42,43,44,45,46). The van der Waals surface area contributed by atoms with Gasteiger partial charge in [-0.1, -0.05) is 97.2 Å². The fraction of sp³-hybridized carbons (Fsp3) is 0.158. The van der Waals surface area contributed by atoms with E-state index < -0.39 is 35.4 Å². The second kappa shape index (κ2) is 12.3. The van der Waals surface area contributed by atoms with Crippen molar-refractivity contribution in [3.63, 3.8) is 0 Å². The van der Waals surface area contributed by atoms with Crippen LogP contribution in [0.25, 0.3) is 80.8 Å². The summed E-state index contributed by atoms with van der Waals surface area (Å²) in [5.74, 6) is 1.13. The topological polar surface area (TPSA) is 221 Å². The van der Waals surface area contributed by atoms with Crippen molar-refractivity contribution >= 4 is 91.3 Å². The molecule has 2 aliphatic heterocycles. The van der Waals surface area contributed by atoms with Gasteiger partial charge in [-0.25, -0.2) is 34.1 Å². The molecule has 1 aromatic carbocycles. The van der Waals surface area contributed by atoms with Crippen LogP contribution in [0.2, 0.25) is 0 Å². The average molecular weight is 791 g/mol. The number of allylic oxidation sites excluding steroid dienone is 4. The smallest absolute Gasteiger partial charge is 0.277 e. The molecule has 8 bridgehead atoms. The molecule has 5 aliphatic rings. The molecule has 4 atom stereocenters. The van der Waals surface area contributed by atoms with E-state index in [2.05, 4.69) is 9.97 Å². The molecule has 0 radical (unpaired) electrons. The number of hydrogen-bond acceptors (Lipinski definition) is 11. The molecule has 3 aromatic heterocycles. The number of rotatable bonds is 3. The molecule has 5 heterocycles. The van der Waals surface area contributed by atoms with Gasteiger partial charge in [-0.05, 0) is 20.8 Å². The van der Waals surface area contributed by atoms with Gasteiger partial charge in [0.05, 0.1) is 4.75 Å². The van der Waals surface area contributed by atoms with Crippen molar-refractivity contribution in [2.24, 2.45) is 0 Å². The molecule has 4 unspecified atom stereocenters. The van der Waals surface area contributed by atoms with Crippen LogP contribution in [0.1, 0.15) is 54.7 Å². The van der Waals surface area contributed by atoms with Crippen molar-refractivity contribution in [1.82, 2.24) is 39.9 Å². The number of nitrogens with zero attached hydrogens (tertiary/aromatic N) is 6. The molecule has 5 N–H and O–H groups in total. The number of aromatic nitrogens is 8. The molecule has 3 aliphatic carbocycles. The number of nitrogens with one attached hydrogen (secondary N) is 2. The van der Waals surface area contributed by atoms with Gasteiger partial charge in [0.2, 0.25) is 0 Å². The highest BCUT2D eigenvalue weighted by Gasteiger charge is 2.36. The van der Waals surface area contributed by atoms with E-state index in [1.165, 1.54) is 19.1 Å². The molecule has 0 saturated heterocycles. The zero-order valence-corrected chi connectivity index (χ0v) is 31.7. The second-order valence-corrected chi connectivity index (χ2v) is 18.3. The fourth-order valence-electron chi connectivity index (χ4n) is 6.69. The Labute approximate surface area is 320 Å². The van der Waals surface area contributed by atoms with Crippen LogP contribution in [0, 0.1) is 0 Å². The van der Waals surface area contributed by atoms with E-state index in [0.717, 1.165) is 11.1 Å². The largest absolute Gasteiger partial charge is 0.329 e. The molecule has 276 valence electrons. The van der Waals surface area contributed by atoms with Crippen molar-refractivity contribution in [3.8, 4) is 22.8 Å². The van der Waals surface area contributed by atoms with Crippen molar-refractivity contribution in [3.05, 3.63) is 107 Å². The van der Waals surface area contributed by atoms with E-state index in [1.54, 1.807) is 43.4 Å². The third kappa shape index (κ3) is 5.73. The molecule has 0 fully saturated rings. The first kappa shape index (κ1) is 35.3. The summed E-state index contributed by atoms with van der Waals surface area (Å²) in [4.78, 5) is 36.4. The maximum atomic E-state index is 12.6. The first-order valence-electron chi connectivity index (χ1n) is 16.9. The molecular weight excluding hydrogens is 761 g/mol. The van der Waals surface area contributed by atoms with Crippen molar-refractivity contribution < 1.29 is 26.3 Å². The van der Waals surface area contributed by atoms with Gasteiger partial charge in [0.25, 0.3) is 10.1 Å². The number of aromatic amines is 2. The summed E-state index contributed by atoms with van der Waals surface area (Å²) in [7, 11) is -4.58. The summed E-state index contributed by atoms with van der Waals surface area (Å²) in [6.45, 7) is 4.87. The molecule has 9 rings (SSSR count). The van der Waals surface area contributed by atoms with Gasteiger partial charge in [0, 0.05) is 56.6 Å². The predicted octanol–water partition coefficient (Wildman–Crippen LogP) is 6.94. The zero-order valence-electron chi connectivity index (χ0n) is 29.2. The highest BCUT2D eigenvalue weighted by atomic mass is 32.2. The minimum absolute atomic E-state index is 0.175. The highest BCUT2D eigenvalue weighted by molar-refractivity contribution is 7.95. The molecule has 0 spiro atoms. The predicted molar refractivity (Wildman–Crippen MR) is 216 cm³/mol. The summed E-state index contributed by atoms with van der Waals surface area (Å²) in [6, 6.07) is 7.57. The number of benzene rings is 1. The van der Waals surface area contributed by atoms with Gasteiger partial charge in [0.1, 0.15) is 32.1 Å². The average Bonchev–Trinajstić information content (AvgIpc) is 3.73. The van der Waals surface area contributed by atoms with E-state index >= 15 is 0 Å². The minimum atomic E-state index is -4.58. The molecule has 4 aromatic rings. The van der Waals surface area contributed by atoms with Crippen LogP contribution in [-0.4, -0.2) is 80.4 Å². The van der Waals surface area contributed by atoms with Gasteiger partial charge >= 0.3 is 0 Å². The third-order valence-corrected chi connectivity index (χ3v) is 13.2. The first-order valence-corrected chi connectivity index (χ1v) is 20.2. The van der Waals surface area contributed by atoms with Crippen molar-refractivity contribution in [2.75, 3.05) is 0 Å². The maximum absolute atomic E-state index is 12.6. The van der Waals surface area contributed by atoms with E-state index in [9.17, 15) is 26.3 Å². The van der Waals surface area contributed by atoms with Crippen molar-refractivity contribution in [2.45, 2.75) is 35.0 Å². The summed E-state index contributed by atoms with van der Waals surface area (Å²) < 4.78 is 64.4. The van der Waals surface area contributed by atoms with Crippen LogP contribution in [0.15, 0.2) is 72.9 Å². The van der Waals surface area contributed by atoms with Gasteiger partial charge in [0.15, 0.2) is 34.4 Å². The fourth-order valence-corrected chi connectivity index (χ4v) is 7.80. The molecular formula is C38H30N8O6S3. The summed E-state index contributed by atoms with van der Waals surface area (Å²) in [5, 5.41) is 0. The Morgan fingerprint density at radius 1 is 0.618 bits per heavy atom. The van der Waals surface area contributed by atoms with E-state index in [4.69, 9.17) is 29.9 Å². The lowest BCUT2D eigenvalue weighted by Crippen LogP contribution is -2.30. The SMILES string of the molecule is CC1(SO)C=Cc2c(c3nc4nc(nc5[nH]c(nc6nc(nc2[nH]3)C2=C6C=CC(C)(S(=O)(=O)O)C=C2)c2c5C=CC(C)(S(=O)O)C=C2)-c2ccccc2-4)C=C1. The Morgan fingerprint density at radius 3 is 1.42 bits per heavy atom. The highest BCUT2D eigenvalue weighted by Crippen LogP contribution is 2.39. The number of fused-ring (bicyclic) bond motifs is 19. The van der Waals surface area contributed by atoms with Crippen LogP contribution in [0.3, 0.4) is 0 Å². The Hall–Kier alpha value is -5.43. The monoisotopic (exact) mass is 790 g/mol.